The van der Waals surface area contributed by atoms with E-state index in [4.69, 9.17) is 0 Å². The van der Waals surface area contributed by atoms with E-state index in [-0.39, 0.29) is 0 Å². The highest BCUT2D eigenvalue weighted by atomic mass is 16.3. The van der Waals surface area contributed by atoms with Gasteiger partial charge >= 0.3 is 0 Å². The first kappa shape index (κ1) is 16.6. The average molecular weight is 338 g/mol. The molecule has 0 saturated carbocycles. The maximum atomic E-state index is 10.8. The molecule has 0 aliphatic rings. The van der Waals surface area contributed by atoms with Crippen LogP contribution in [0, 0.1) is 0 Å². The van der Waals surface area contributed by atoms with Crippen LogP contribution >= 0.6 is 0 Å². The molecule has 4 rings (SSSR count). The second-order valence-corrected chi connectivity index (χ2v) is 7.21. The Bertz CT molecular complexity index is 1050. The first-order chi connectivity index (χ1) is 12.5. The third kappa shape index (κ3) is 3.02. The molecule has 0 aliphatic heterocycles. The van der Waals surface area contributed by atoms with Gasteiger partial charge in [-0.3, -0.25) is 0 Å². The lowest BCUT2D eigenvalue weighted by molar-refractivity contribution is 0.0792. The number of rotatable bonds is 3. The van der Waals surface area contributed by atoms with Gasteiger partial charge in [0.2, 0.25) is 0 Å². The minimum Gasteiger partial charge on any atom is -0.386 e. The van der Waals surface area contributed by atoms with E-state index in [1.54, 1.807) is 0 Å². The summed E-state index contributed by atoms with van der Waals surface area (Å²) in [6.45, 7) is 3.70. The monoisotopic (exact) mass is 338 g/mol. The Morgan fingerprint density at radius 1 is 0.615 bits per heavy atom. The SMILES string of the molecule is CC(C)(O)c1cc(-c2cccc3ccccc23)ccc1-c1ccccc1. The maximum Gasteiger partial charge on any atom is 0.0846 e. The van der Waals surface area contributed by atoms with Crippen LogP contribution in [0.25, 0.3) is 33.0 Å². The van der Waals surface area contributed by atoms with Crippen molar-refractivity contribution in [3.8, 4) is 22.3 Å². The zero-order chi connectivity index (χ0) is 18.1. The maximum absolute atomic E-state index is 10.8. The van der Waals surface area contributed by atoms with Crippen molar-refractivity contribution < 1.29 is 5.11 Å². The van der Waals surface area contributed by atoms with Gasteiger partial charge in [0.25, 0.3) is 0 Å². The van der Waals surface area contributed by atoms with Crippen molar-refractivity contribution in [2.75, 3.05) is 0 Å². The fourth-order valence-electron chi connectivity index (χ4n) is 3.56. The fourth-order valence-corrected chi connectivity index (χ4v) is 3.56. The van der Waals surface area contributed by atoms with Gasteiger partial charge in [0, 0.05) is 0 Å². The lowest BCUT2D eigenvalue weighted by Crippen LogP contribution is -2.17. The van der Waals surface area contributed by atoms with E-state index in [1.807, 2.05) is 32.0 Å². The molecule has 0 bridgehead atoms. The van der Waals surface area contributed by atoms with Crippen LogP contribution in [0.2, 0.25) is 0 Å². The Hall–Kier alpha value is -2.90. The Morgan fingerprint density at radius 3 is 2.08 bits per heavy atom. The topological polar surface area (TPSA) is 20.2 Å². The molecule has 0 aromatic heterocycles. The van der Waals surface area contributed by atoms with E-state index in [2.05, 4.69) is 72.8 Å². The molecule has 26 heavy (non-hydrogen) atoms. The molecule has 0 saturated heterocycles. The Morgan fingerprint density at radius 2 is 1.31 bits per heavy atom. The highest BCUT2D eigenvalue weighted by Gasteiger charge is 2.21. The van der Waals surface area contributed by atoms with Crippen molar-refractivity contribution >= 4 is 10.8 Å². The summed E-state index contributed by atoms with van der Waals surface area (Å²) in [5.41, 5.74) is 4.52. The molecule has 0 spiro atoms. The predicted molar refractivity (Wildman–Crippen MR) is 110 cm³/mol. The molecular weight excluding hydrogens is 316 g/mol. The van der Waals surface area contributed by atoms with Crippen LogP contribution in [0.5, 0.6) is 0 Å². The third-order valence-electron chi connectivity index (χ3n) is 4.86. The number of benzene rings is 4. The lowest BCUT2D eigenvalue weighted by Gasteiger charge is -2.23. The highest BCUT2D eigenvalue weighted by Crippen LogP contribution is 2.37. The fraction of sp³-hybridized carbons (Fsp3) is 0.120. The summed E-state index contributed by atoms with van der Waals surface area (Å²) in [5, 5.41) is 13.3. The predicted octanol–water partition coefficient (Wildman–Crippen LogP) is 6.40. The van der Waals surface area contributed by atoms with E-state index in [9.17, 15) is 5.11 Å². The van der Waals surface area contributed by atoms with Gasteiger partial charge in [0.15, 0.2) is 0 Å². The number of aliphatic hydroxyl groups is 1. The molecule has 0 fully saturated rings. The molecule has 128 valence electrons. The Balaban J connectivity index is 1.94. The van der Waals surface area contributed by atoms with Gasteiger partial charge in [-0.15, -0.1) is 0 Å². The Labute approximate surface area is 154 Å². The van der Waals surface area contributed by atoms with Crippen LogP contribution in [0.4, 0.5) is 0 Å². The van der Waals surface area contributed by atoms with Crippen LogP contribution in [0.3, 0.4) is 0 Å². The summed E-state index contributed by atoms with van der Waals surface area (Å²) in [5.74, 6) is 0. The second kappa shape index (κ2) is 6.44. The highest BCUT2D eigenvalue weighted by molar-refractivity contribution is 5.97. The van der Waals surface area contributed by atoms with Crippen molar-refractivity contribution in [2.24, 2.45) is 0 Å². The molecule has 0 amide bonds. The molecular formula is C25H22O. The van der Waals surface area contributed by atoms with Crippen LogP contribution in [0.15, 0.2) is 91.0 Å². The van der Waals surface area contributed by atoms with Gasteiger partial charge in [0.05, 0.1) is 5.60 Å². The van der Waals surface area contributed by atoms with Gasteiger partial charge in [-0.2, -0.15) is 0 Å². The smallest absolute Gasteiger partial charge is 0.0846 e. The van der Waals surface area contributed by atoms with Gasteiger partial charge in [0.1, 0.15) is 0 Å². The van der Waals surface area contributed by atoms with Crippen LogP contribution in [-0.2, 0) is 5.60 Å². The molecule has 0 heterocycles. The van der Waals surface area contributed by atoms with E-state index < -0.39 is 5.60 Å². The molecule has 0 aliphatic carbocycles. The van der Waals surface area contributed by atoms with Crippen LogP contribution < -0.4 is 0 Å². The van der Waals surface area contributed by atoms with Gasteiger partial charge < -0.3 is 5.11 Å². The van der Waals surface area contributed by atoms with E-state index >= 15 is 0 Å². The molecule has 0 radical (unpaired) electrons. The number of hydrogen-bond acceptors (Lipinski definition) is 1. The van der Waals surface area contributed by atoms with E-state index in [0.717, 1.165) is 22.3 Å². The summed E-state index contributed by atoms with van der Waals surface area (Å²) in [6, 6.07) is 31.4. The summed E-state index contributed by atoms with van der Waals surface area (Å²) in [6.07, 6.45) is 0. The molecule has 4 aromatic rings. The molecule has 1 N–H and O–H groups in total. The lowest BCUT2D eigenvalue weighted by atomic mass is 9.86. The number of fused-ring (bicyclic) bond motifs is 1. The minimum atomic E-state index is -0.925. The zero-order valence-electron chi connectivity index (χ0n) is 15.1. The van der Waals surface area contributed by atoms with Crippen molar-refractivity contribution in [3.05, 3.63) is 96.6 Å². The van der Waals surface area contributed by atoms with Gasteiger partial charge in [-0.05, 0) is 58.5 Å². The summed E-state index contributed by atoms with van der Waals surface area (Å²) < 4.78 is 0. The van der Waals surface area contributed by atoms with E-state index in [0.29, 0.717) is 0 Å². The molecule has 1 heteroatoms. The van der Waals surface area contributed by atoms with Crippen molar-refractivity contribution in [1.29, 1.82) is 0 Å². The normalized spacial score (nSPS) is 11.7. The molecule has 0 atom stereocenters. The first-order valence-corrected chi connectivity index (χ1v) is 8.94. The quantitative estimate of drug-likeness (QED) is 0.458. The first-order valence-electron chi connectivity index (χ1n) is 8.94. The summed E-state index contributed by atoms with van der Waals surface area (Å²) in [4.78, 5) is 0. The van der Waals surface area contributed by atoms with Gasteiger partial charge in [-0.25, -0.2) is 0 Å². The number of hydrogen-bond donors (Lipinski definition) is 1. The minimum absolute atomic E-state index is 0.925. The van der Waals surface area contributed by atoms with Crippen molar-refractivity contribution in [1.82, 2.24) is 0 Å². The van der Waals surface area contributed by atoms with Crippen LogP contribution in [-0.4, -0.2) is 5.11 Å². The summed E-state index contributed by atoms with van der Waals surface area (Å²) >= 11 is 0. The largest absolute Gasteiger partial charge is 0.386 e. The van der Waals surface area contributed by atoms with Crippen molar-refractivity contribution in [2.45, 2.75) is 19.4 Å². The average Bonchev–Trinajstić information content (AvgIpc) is 2.67. The van der Waals surface area contributed by atoms with Crippen LogP contribution in [0.1, 0.15) is 19.4 Å². The second-order valence-electron chi connectivity index (χ2n) is 7.21. The third-order valence-corrected chi connectivity index (χ3v) is 4.86. The Kier molecular flexibility index (Phi) is 4.10. The van der Waals surface area contributed by atoms with Crippen molar-refractivity contribution in [3.63, 3.8) is 0 Å². The zero-order valence-corrected chi connectivity index (χ0v) is 15.1. The standard InChI is InChI=1S/C25H22O/c1-25(2,26)24-17-20(15-16-23(24)19-9-4-3-5-10-19)22-14-8-12-18-11-6-7-13-21(18)22/h3-17,26H,1-2H3. The van der Waals surface area contributed by atoms with Gasteiger partial charge in [-0.1, -0.05) is 84.9 Å². The molecule has 4 aromatic carbocycles. The summed E-state index contributed by atoms with van der Waals surface area (Å²) in [7, 11) is 0. The molecule has 1 nitrogen and oxygen atoms in total. The van der Waals surface area contributed by atoms with E-state index in [1.165, 1.54) is 16.3 Å². The molecule has 0 unspecified atom stereocenters.